The van der Waals surface area contributed by atoms with Gasteiger partial charge < -0.3 is 23.9 Å². The molecule has 0 saturated heterocycles. The van der Waals surface area contributed by atoms with E-state index in [4.69, 9.17) is 14.0 Å². The molecule has 146 valence electrons. The second kappa shape index (κ2) is 7.38. The van der Waals surface area contributed by atoms with Crippen LogP contribution in [-0.4, -0.2) is 34.8 Å². The van der Waals surface area contributed by atoms with Gasteiger partial charge in [0, 0.05) is 37.5 Å². The van der Waals surface area contributed by atoms with E-state index < -0.39 is 6.04 Å². The van der Waals surface area contributed by atoms with Gasteiger partial charge in [-0.05, 0) is 30.5 Å². The lowest BCUT2D eigenvalue weighted by Crippen LogP contribution is -2.31. The normalized spacial score (nSPS) is 14.5. The number of carbonyl (C=O) groups is 1. The molecule has 2 aromatic heterocycles. The first-order chi connectivity index (χ1) is 13.6. The number of ether oxygens (including phenoxy) is 2. The van der Waals surface area contributed by atoms with Crippen molar-refractivity contribution < 1.29 is 18.8 Å². The van der Waals surface area contributed by atoms with Crippen LogP contribution < -0.4 is 14.8 Å². The molecule has 8 nitrogen and oxygen atoms in total. The van der Waals surface area contributed by atoms with E-state index >= 15 is 0 Å². The fourth-order valence-corrected chi connectivity index (χ4v) is 3.11. The van der Waals surface area contributed by atoms with Crippen LogP contribution in [-0.2, 0) is 7.05 Å². The Morgan fingerprint density at radius 2 is 1.93 bits per heavy atom. The van der Waals surface area contributed by atoms with Crippen molar-refractivity contribution in [3.05, 3.63) is 59.5 Å². The van der Waals surface area contributed by atoms with Crippen LogP contribution >= 0.6 is 0 Å². The van der Waals surface area contributed by atoms with E-state index in [1.807, 2.05) is 29.9 Å². The number of imidazole rings is 1. The molecular weight excluding hydrogens is 360 g/mol. The first-order valence-corrected chi connectivity index (χ1v) is 9.06. The lowest BCUT2D eigenvalue weighted by atomic mass is 10.0. The van der Waals surface area contributed by atoms with Gasteiger partial charge in [0.25, 0.3) is 5.91 Å². The summed E-state index contributed by atoms with van der Waals surface area (Å²) in [5.74, 6) is 2.75. The number of nitrogens with one attached hydrogen (secondary N) is 1. The van der Waals surface area contributed by atoms with Crippen molar-refractivity contribution in [1.29, 1.82) is 0 Å². The van der Waals surface area contributed by atoms with Crippen molar-refractivity contribution >= 4 is 5.91 Å². The standard InChI is InChI=1S/C20H22N4O4/c1-24-7-6-21-19(24)18(13-8-14(26-2)10-15(9-13)27-3)22-20(25)16-11-17(28-23-16)12-4-5-12/h6-12,18H,4-5H2,1-3H3,(H,22,25)/t18-/m1/s1. The molecule has 1 aliphatic rings. The summed E-state index contributed by atoms with van der Waals surface area (Å²) in [6, 6.07) is 6.67. The molecule has 8 heteroatoms. The fraction of sp³-hybridized carbons (Fsp3) is 0.350. The molecule has 0 radical (unpaired) electrons. The van der Waals surface area contributed by atoms with E-state index in [0.29, 0.717) is 23.2 Å². The van der Waals surface area contributed by atoms with E-state index in [0.717, 1.165) is 24.2 Å². The number of nitrogens with zero attached hydrogens (tertiary/aromatic N) is 3. The number of hydrogen-bond acceptors (Lipinski definition) is 6. The van der Waals surface area contributed by atoms with Gasteiger partial charge in [0.2, 0.25) is 0 Å². The number of carbonyl (C=O) groups excluding carboxylic acids is 1. The summed E-state index contributed by atoms with van der Waals surface area (Å²) >= 11 is 0. The van der Waals surface area contributed by atoms with Crippen LogP contribution in [0.5, 0.6) is 11.5 Å². The summed E-state index contributed by atoms with van der Waals surface area (Å²) in [4.78, 5) is 17.3. The Hall–Kier alpha value is -3.29. The van der Waals surface area contributed by atoms with Crippen molar-refractivity contribution in [3.63, 3.8) is 0 Å². The Balaban J connectivity index is 1.68. The second-order valence-electron chi connectivity index (χ2n) is 6.84. The molecule has 1 saturated carbocycles. The second-order valence-corrected chi connectivity index (χ2v) is 6.84. The monoisotopic (exact) mass is 382 g/mol. The first kappa shape index (κ1) is 18.1. The van der Waals surface area contributed by atoms with Gasteiger partial charge in [-0.15, -0.1) is 0 Å². The molecule has 1 fully saturated rings. The van der Waals surface area contributed by atoms with Crippen molar-refractivity contribution in [3.8, 4) is 11.5 Å². The minimum absolute atomic E-state index is 0.260. The number of methoxy groups -OCH3 is 2. The molecule has 0 spiro atoms. The summed E-state index contributed by atoms with van der Waals surface area (Å²) < 4.78 is 17.9. The molecule has 0 aliphatic heterocycles. The van der Waals surface area contributed by atoms with Gasteiger partial charge in [0.1, 0.15) is 29.1 Å². The quantitative estimate of drug-likeness (QED) is 0.676. The van der Waals surface area contributed by atoms with Crippen LogP contribution in [0, 0.1) is 0 Å². The predicted molar refractivity (Wildman–Crippen MR) is 101 cm³/mol. The van der Waals surface area contributed by atoms with Gasteiger partial charge in [-0.3, -0.25) is 4.79 Å². The van der Waals surface area contributed by atoms with Gasteiger partial charge in [-0.25, -0.2) is 4.98 Å². The molecule has 3 aromatic rings. The van der Waals surface area contributed by atoms with E-state index in [1.165, 1.54) is 0 Å². The van der Waals surface area contributed by atoms with Crippen LogP contribution in [0.1, 0.15) is 52.4 Å². The largest absolute Gasteiger partial charge is 0.497 e. The number of hydrogen-bond donors (Lipinski definition) is 1. The lowest BCUT2D eigenvalue weighted by molar-refractivity contribution is 0.0931. The zero-order valence-electron chi connectivity index (χ0n) is 16.0. The molecule has 1 aromatic carbocycles. The highest BCUT2D eigenvalue weighted by atomic mass is 16.5. The molecule has 4 rings (SSSR count). The molecule has 2 heterocycles. The number of aryl methyl sites for hydroxylation is 1. The van der Waals surface area contributed by atoms with Crippen molar-refractivity contribution in [2.45, 2.75) is 24.8 Å². The summed E-state index contributed by atoms with van der Waals surface area (Å²) in [6.07, 6.45) is 5.67. The molecule has 0 unspecified atom stereocenters. The maximum absolute atomic E-state index is 12.9. The minimum Gasteiger partial charge on any atom is -0.497 e. The van der Waals surface area contributed by atoms with Gasteiger partial charge in [0.15, 0.2) is 5.69 Å². The molecule has 1 amide bonds. The average molecular weight is 382 g/mol. The lowest BCUT2D eigenvalue weighted by Gasteiger charge is -2.20. The summed E-state index contributed by atoms with van der Waals surface area (Å²) in [5.41, 5.74) is 1.04. The molecule has 0 bridgehead atoms. The zero-order valence-corrected chi connectivity index (χ0v) is 16.0. The van der Waals surface area contributed by atoms with E-state index in [2.05, 4.69) is 15.5 Å². The highest BCUT2D eigenvalue weighted by Crippen LogP contribution is 2.40. The smallest absolute Gasteiger partial charge is 0.274 e. The number of rotatable bonds is 7. The first-order valence-electron chi connectivity index (χ1n) is 9.06. The maximum Gasteiger partial charge on any atom is 0.274 e. The van der Waals surface area contributed by atoms with Gasteiger partial charge in [-0.1, -0.05) is 5.16 Å². The molecule has 1 atom stereocenters. The maximum atomic E-state index is 12.9. The minimum atomic E-state index is -0.516. The Labute approximate surface area is 162 Å². The number of benzene rings is 1. The SMILES string of the molecule is COc1cc(OC)cc([C@@H](NC(=O)c2cc(C3CC3)on2)c2nccn2C)c1. The highest BCUT2D eigenvalue weighted by Gasteiger charge is 2.30. The fourth-order valence-electron chi connectivity index (χ4n) is 3.11. The highest BCUT2D eigenvalue weighted by molar-refractivity contribution is 5.92. The van der Waals surface area contributed by atoms with Crippen LogP contribution in [0.25, 0.3) is 0 Å². The Morgan fingerprint density at radius 1 is 1.21 bits per heavy atom. The molecular formula is C20H22N4O4. The van der Waals surface area contributed by atoms with Crippen LogP contribution in [0.2, 0.25) is 0 Å². The van der Waals surface area contributed by atoms with Crippen LogP contribution in [0.4, 0.5) is 0 Å². The van der Waals surface area contributed by atoms with Crippen LogP contribution in [0.3, 0.4) is 0 Å². The summed E-state index contributed by atoms with van der Waals surface area (Å²) in [5, 5.41) is 6.94. The van der Waals surface area contributed by atoms with Crippen molar-refractivity contribution in [1.82, 2.24) is 20.0 Å². The molecule has 1 aliphatic carbocycles. The van der Waals surface area contributed by atoms with Crippen LogP contribution in [0.15, 0.2) is 41.2 Å². The van der Waals surface area contributed by atoms with E-state index in [1.54, 1.807) is 32.5 Å². The Kier molecular flexibility index (Phi) is 4.77. The van der Waals surface area contributed by atoms with Gasteiger partial charge in [-0.2, -0.15) is 0 Å². The van der Waals surface area contributed by atoms with Crippen molar-refractivity contribution in [2.75, 3.05) is 14.2 Å². The molecule has 28 heavy (non-hydrogen) atoms. The molecule has 1 N–H and O–H groups in total. The predicted octanol–water partition coefficient (Wildman–Crippen LogP) is 2.82. The third kappa shape index (κ3) is 3.58. The summed E-state index contributed by atoms with van der Waals surface area (Å²) in [6.45, 7) is 0. The summed E-state index contributed by atoms with van der Waals surface area (Å²) in [7, 11) is 5.05. The van der Waals surface area contributed by atoms with E-state index in [-0.39, 0.29) is 11.6 Å². The van der Waals surface area contributed by atoms with E-state index in [9.17, 15) is 4.79 Å². The third-order valence-corrected chi connectivity index (χ3v) is 4.84. The Morgan fingerprint density at radius 3 is 2.50 bits per heavy atom. The van der Waals surface area contributed by atoms with Gasteiger partial charge in [0.05, 0.1) is 14.2 Å². The van der Waals surface area contributed by atoms with Crippen molar-refractivity contribution in [2.24, 2.45) is 7.05 Å². The topological polar surface area (TPSA) is 91.4 Å². The average Bonchev–Trinajstić information content (AvgIpc) is 3.29. The number of aromatic nitrogens is 3. The Bertz CT molecular complexity index is 968. The zero-order chi connectivity index (χ0) is 19.7. The number of amides is 1. The third-order valence-electron chi connectivity index (χ3n) is 4.84. The van der Waals surface area contributed by atoms with Gasteiger partial charge >= 0.3 is 0 Å².